The SMILES string of the molecule is CCN(CC)C(=O)c1cc2c(cc1N=C(C)c1ccc(OC)cc1OC)OCO2. The Hall–Kier alpha value is -3.22. The zero-order chi connectivity index (χ0) is 21.0. The summed E-state index contributed by atoms with van der Waals surface area (Å²) in [5.41, 5.74) is 2.52. The van der Waals surface area contributed by atoms with Gasteiger partial charge in [-0.15, -0.1) is 0 Å². The smallest absolute Gasteiger partial charge is 0.256 e. The average molecular weight is 398 g/mol. The molecule has 0 atom stereocenters. The van der Waals surface area contributed by atoms with E-state index >= 15 is 0 Å². The number of ether oxygens (including phenoxy) is 4. The van der Waals surface area contributed by atoms with Crippen molar-refractivity contribution in [3.8, 4) is 23.0 Å². The second-order valence-corrected chi connectivity index (χ2v) is 6.46. The van der Waals surface area contributed by atoms with E-state index in [9.17, 15) is 4.79 Å². The van der Waals surface area contributed by atoms with Crippen molar-refractivity contribution in [2.45, 2.75) is 20.8 Å². The average Bonchev–Trinajstić information content (AvgIpc) is 3.20. The van der Waals surface area contributed by atoms with Gasteiger partial charge < -0.3 is 23.8 Å². The van der Waals surface area contributed by atoms with Crippen molar-refractivity contribution in [2.75, 3.05) is 34.1 Å². The monoisotopic (exact) mass is 398 g/mol. The number of carbonyl (C=O) groups excluding carboxylic acids is 1. The predicted molar refractivity (Wildman–Crippen MR) is 111 cm³/mol. The predicted octanol–water partition coefficient (Wildman–Crippen LogP) is 4.06. The van der Waals surface area contributed by atoms with Crippen molar-refractivity contribution < 1.29 is 23.7 Å². The Bertz CT molecular complexity index is 935. The summed E-state index contributed by atoms with van der Waals surface area (Å²) in [7, 11) is 3.20. The van der Waals surface area contributed by atoms with Gasteiger partial charge in [0.1, 0.15) is 11.5 Å². The van der Waals surface area contributed by atoms with Crippen LogP contribution < -0.4 is 18.9 Å². The summed E-state index contributed by atoms with van der Waals surface area (Å²) in [4.78, 5) is 19.6. The second-order valence-electron chi connectivity index (χ2n) is 6.46. The van der Waals surface area contributed by atoms with Crippen LogP contribution in [0.2, 0.25) is 0 Å². The molecule has 0 spiro atoms. The summed E-state index contributed by atoms with van der Waals surface area (Å²) in [6.45, 7) is 7.12. The fraction of sp³-hybridized carbons (Fsp3) is 0.364. The van der Waals surface area contributed by atoms with Crippen molar-refractivity contribution in [1.82, 2.24) is 4.90 Å². The highest BCUT2D eigenvalue weighted by Crippen LogP contribution is 2.39. The van der Waals surface area contributed by atoms with E-state index in [2.05, 4.69) is 0 Å². The molecule has 7 nitrogen and oxygen atoms in total. The minimum absolute atomic E-state index is 0.0958. The Kier molecular flexibility index (Phi) is 6.26. The van der Waals surface area contributed by atoms with Crippen LogP contribution in [0.25, 0.3) is 0 Å². The molecule has 3 rings (SSSR count). The van der Waals surface area contributed by atoms with E-state index in [-0.39, 0.29) is 12.7 Å². The highest BCUT2D eigenvalue weighted by molar-refractivity contribution is 6.06. The minimum Gasteiger partial charge on any atom is -0.497 e. The molecular formula is C22H26N2O5. The molecule has 2 aromatic rings. The first-order valence-electron chi connectivity index (χ1n) is 9.52. The maximum absolute atomic E-state index is 13.1. The molecule has 1 amide bonds. The molecule has 1 aliphatic rings. The van der Waals surface area contributed by atoms with Crippen molar-refractivity contribution in [3.63, 3.8) is 0 Å². The van der Waals surface area contributed by atoms with E-state index in [1.165, 1.54) is 0 Å². The van der Waals surface area contributed by atoms with Gasteiger partial charge in [0.05, 0.1) is 25.5 Å². The standard InChI is InChI=1S/C22H26N2O5/c1-6-24(7-2)22(25)17-11-20-21(29-13-28-20)12-18(17)23-14(3)16-9-8-15(26-4)10-19(16)27-5/h8-12H,6-7,13H2,1-5H3. The van der Waals surface area contributed by atoms with Gasteiger partial charge in [0, 0.05) is 36.5 Å². The molecular weight excluding hydrogens is 372 g/mol. The molecule has 0 aliphatic carbocycles. The number of hydrogen-bond acceptors (Lipinski definition) is 6. The number of benzene rings is 2. The van der Waals surface area contributed by atoms with Crippen LogP contribution in [0.1, 0.15) is 36.7 Å². The lowest BCUT2D eigenvalue weighted by molar-refractivity contribution is 0.0773. The first kappa shape index (κ1) is 20.5. The molecule has 1 aliphatic heterocycles. The number of aliphatic imine (C=N–C) groups is 1. The van der Waals surface area contributed by atoms with Crippen LogP contribution in [0, 0.1) is 0 Å². The zero-order valence-corrected chi connectivity index (χ0v) is 17.4. The summed E-state index contributed by atoms with van der Waals surface area (Å²) in [6.07, 6.45) is 0. The Balaban J connectivity index is 2.09. The number of rotatable bonds is 7. The number of carbonyl (C=O) groups is 1. The fourth-order valence-electron chi connectivity index (χ4n) is 3.21. The van der Waals surface area contributed by atoms with Crippen molar-refractivity contribution in [1.29, 1.82) is 0 Å². The summed E-state index contributed by atoms with van der Waals surface area (Å²) < 4.78 is 21.7. The summed E-state index contributed by atoms with van der Waals surface area (Å²) >= 11 is 0. The van der Waals surface area contributed by atoms with Crippen LogP contribution in [0.5, 0.6) is 23.0 Å². The van der Waals surface area contributed by atoms with Crippen LogP contribution in [-0.2, 0) is 0 Å². The number of nitrogens with zero attached hydrogens (tertiary/aromatic N) is 2. The maximum atomic E-state index is 13.1. The quantitative estimate of drug-likeness (QED) is 0.658. The molecule has 0 N–H and O–H groups in total. The van der Waals surface area contributed by atoms with Crippen molar-refractivity contribution >= 4 is 17.3 Å². The number of amides is 1. The molecule has 154 valence electrons. The maximum Gasteiger partial charge on any atom is 0.256 e. The first-order chi connectivity index (χ1) is 14.0. The van der Waals surface area contributed by atoms with Crippen LogP contribution in [0.3, 0.4) is 0 Å². The zero-order valence-electron chi connectivity index (χ0n) is 17.4. The van der Waals surface area contributed by atoms with E-state index in [0.717, 1.165) is 5.56 Å². The van der Waals surface area contributed by atoms with Gasteiger partial charge >= 0.3 is 0 Å². The molecule has 0 bridgehead atoms. The number of methoxy groups -OCH3 is 2. The Morgan fingerprint density at radius 3 is 2.34 bits per heavy atom. The normalized spacial score (nSPS) is 12.7. The van der Waals surface area contributed by atoms with Gasteiger partial charge in [0.15, 0.2) is 11.5 Å². The van der Waals surface area contributed by atoms with Gasteiger partial charge in [0.25, 0.3) is 5.91 Å². The molecule has 0 aromatic heterocycles. The number of hydrogen-bond donors (Lipinski definition) is 0. The highest BCUT2D eigenvalue weighted by atomic mass is 16.7. The molecule has 0 fully saturated rings. The third kappa shape index (κ3) is 4.13. The molecule has 29 heavy (non-hydrogen) atoms. The van der Waals surface area contributed by atoms with Crippen LogP contribution >= 0.6 is 0 Å². The van der Waals surface area contributed by atoms with Gasteiger partial charge in [0.2, 0.25) is 6.79 Å². The van der Waals surface area contributed by atoms with Crippen molar-refractivity contribution in [2.24, 2.45) is 4.99 Å². The molecule has 0 saturated carbocycles. The lowest BCUT2D eigenvalue weighted by Crippen LogP contribution is -2.30. The lowest BCUT2D eigenvalue weighted by atomic mass is 10.1. The molecule has 0 unspecified atom stereocenters. The van der Waals surface area contributed by atoms with Gasteiger partial charge in [-0.05, 0) is 39.0 Å². The molecule has 0 saturated heterocycles. The highest BCUT2D eigenvalue weighted by Gasteiger charge is 2.23. The molecule has 1 heterocycles. The Morgan fingerprint density at radius 1 is 1.03 bits per heavy atom. The van der Waals surface area contributed by atoms with Gasteiger partial charge in [-0.1, -0.05) is 0 Å². The first-order valence-corrected chi connectivity index (χ1v) is 9.52. The van der Waals surface area contributed by atoms with E-state index in [1.54, 1.807) is 37.3 Å². The Labute approximate surface area is 170 Å². The van der Waals surface area contributed by atoms with E-state index in [4.69, 9.17) is 23.9 Å². The topological polar surface area (TPSA) is 69.6 Å². The largest absolute Gasteiger partial charge is 0.497 e. The Morgan fingerprint density at radius 2 is 1.72 bits per heavy atom. The third-order valence-electron chi connectivity index (χ3n) is 4.86. The van der Waals surface area contributed by atoms with Crippen molar-refractivity contribution in [3.05, 3.63) is 41.5 Å². The summed E-state index contributed by atoms with van der Waals surface area (Å²) in [5.74, 6) is 2.37. The fourth-order valence-corrected chi connectivity index (χ4v) is 3.21. The molecule has 7 heteroatoms. The van der Waals surface area contributed by atoms with Crippen LogP contribution in [0.4, 0.5) is 5.69 Å². The molecule has 0 radical (unpaired) electrons. The summed E-state index contributed by atoms with van der Waals surface area (Å²) in [6, 6.07) is 8.99. The minimum atomic E-state index is -0.0958. The summed E-state index contributed by atoms with van der Waals surface area (Å²) in [5, 5.41) is 0. The van der Waals surface area contributed by atoms with Gasteiger partial charge in [-0.2, -0.15) is 0 Å². The van der Waals surface area contributed by atoms with E-state index in [1.807, 2.05) is 32.9 Å². The lowest BCUT2D eigenvalue weighted by Gasteiger charge is -2.20. The van der Waals surface area contributed by atoms with Crippen LogP contribution in [0.15, 0.2) is 35.3 Å². The third-order valence-corrected chi connectivity index (χ3v) is 4.86. The van der Waals surface area contributed by atoms with Gasteiger partial charge in [-0.25, -0.2) is 0 Å². The number of fused-ring (bicyclic) bond motifs is 1. The van der Waals surface area contributed by atoms with Gasteiger partial charge in [-0.3, -0.25) is 9.79 Å². The second kappa shape index (κ2) is 8.86. The van der Waals surface area contributed by atoms with E-state index in [0.29, 0.717) is 53.1 Å². The van der Waals surface area contributed by atoms with E-state index < -0.39 is 0 Å². The van der Waals surface area contributed by atoms with Crippen LogP contribution in [-0.4, -0.2) is 50.6 Å². The molecule has 2 aromatic carbocycles.